The van der Waals surface area contributed by atoms with Gasteiger partial charge in [-0.05, 0) is 52.0 Å². The van der Waals surface area contributed by atoms with E-state index in [1.807, 2.05) is 6.92 Å². The summed E-state index contributed by atoms with van der Waals surface area (Å²) < 4.78 is 29.1. The van der Waals surface area contributed by atoms with Crippen LogP contribution in [0.2, 0.25) is 0 Å². The van der Waals surface area contributed by atoms with Crippen LogP contribution in [-0.4, -0.2) is 71.8 Å². The maximum Gasteiger partial charge on any atom is 0.435 e. The van der Waals surface area contributed by atoms with Gasteiger partial charge in [-0.15, -0.1) is 5.10 Å². The number of nitrogens with one attached hydrogen (secondary N) is 1. The predicted molar refractivity (Wildman–Crippen MR) is 144 cm³/mol. The van der Waals surface area contributed by atoms with Gasteiger partial charge in [0.05, 0.1) is 12.2 Å². The molecule has 0 saturated heterocycles. The van der Waals surface area contributed by atoms with E-state index in [1.54, 1.807) is 65.3 Å². The highest BCUT2D eigenvalue weighted by Crippen LogP contribution is 2.33. The van der Waals surface area contributed by atoms with Gasteiger partial charge in [-0.3, -0.25) is 9.59 Å². The van der Waals surface area contributed by atoms with Crippen LogP contribution in [0.5, 0.6) is 23.0 Å². The summed E-state index contributed by atoms with van der Waals surface area (Å²) in [6, 6.07) is 11.1. The molecule has 1 N–H and O–H groups in total. The van der Waals surface area contributed by atoms with E-state index in [-0.39, 0.29) is 30.1 Å². The van der Waals surface area contributed by atoms with Crippen LogP contribution in [0.1, 0.15) is 48.4 Å². The minimum atomic E-state index is -0.695. The molecule has 4 rings (SSSR count). The van der Waals surface area contributed by atoms with E-state index in [0.29, 0.717) is 35.2 Å². The number of amides is 2. The Morgan fingerprint density at radius 1 is 1.10 bits per heavy atom. The minimum Gasteiger partial charge on any atom is -0.488 e. The first-order chi connectivity index (χ1) is 18.9. The van der Waals surface area contributed by atoms with Crippen LogP contribution in [0.3, 0.4) is 0 Å². The first-order valence-corrected chi connectivity index (χ1v) is 12.5. The van der Waals surface area contributed by atoms with E-state index in [2.05, 4.69) is 10.4 Å². The van der Waals surface area contributed by atoms with Crippen molar-refractivity contribution in [2.45, 2.75) is 39.4 Å². The van der Waals surface area contributed by atoms with Gasteiger partial charge in [-0.2, -0.15) is 4.68 Å². The summed E-state index contributed by atoms with van der Waals surface area (Å²) in [6.45, 7) is 7.52. The zero-order valence-corrected chi connectivity index (χ0v) is 23.2. The molecule has 0 aliphatic carbocycles. The Labute approximate surface area is 231 Å². The van der Waals surface area contributed by atoms with E-state index in [1.165, 1.54) is 23.2 Å². The second kappa shape index (κ2) is 11.7. The smallest absolute Gasteiger partial charge is 0.435 e. The highest BCUT2D eigenvalue weighted by molar-refractivity contribution is 6.04. The third kappa shape index (κ3) is 7.08. The molecule has 2 heterocycles. The molecule has 1 aliphatic heterocycles. The first kappa shape index (κ1) is 28.4. The van der Waals surface area contributed by atoms with Gasteiger partial charge < -0.3 is 33.9 Å². The molecular weight excluding hydrogens is 520 g/mol. The number of rotatable bonds is 8. The van der Waals surface area contributed by atoms with Gasteiger partial charge in [0.15, 0.2) is 12.5 Å². The van der Waals surface area contributed by atoms with Crippen LogP contribution in [0.15, 0.2) is 48.7 Å². The van der Waals surface area contributed by atoms with E-state index < -0.39 is 17.6 Å². The summed E-state index contributed by atoms with van der Waals surface area (Å²) in [7, 11) is 3.22. The lowest BCUT2D eigenvalue weighted by atomic mass is 10.1. The van der Waals surface area contributed by atoms with Crippen molar-refractivity contribution in [3.8, 4) is 23.0 Å². The Hall–Kier alpha value is -4.58. The minimum absolute atomic E-state index is 0.129. The Morgan fingerprint density at radius 2 is 1.85 bits per heavy atom. The van der Waals surface area contributed by atoms with Crippen molar-refractivity contribution in [2.75, 3.05) is 32.8 Å². The average molecular weight is 553 g/mol. The zero-order valence-electron chi connectivity index (χ0n) is 23.2. The summed E-state index contributed by atoms with van der Waals surface area (Å²) in [5.41, 5.74) is -0.0494. The predicted octanol–water partition coefficient (Wildman–Crippen LogP) is 4.55. The first-order valence-electron chi connectivity index (χ1n) is 12.5. The van der Waals surface area contributed by atoms with Gasteiger partial charge >= 0.3 is 6.09 Å². The molecule has 1 aliphatic rings. The molecule has 1 aromatic heterocycles. The van der Waals surface area contributed by atoms with Crippen LogP contribution in [-0.2, 0) is 9.47 Å². The van der Waals surface area contributed by atoms with Crippen molar-refractivity contribution < 1.29 is 38.1 Å². The number of fused-ring (bicyclic) bond motifs is 1. The number of aromatic nitrogens is 2. The largest absolute Gasteiger partial charge is 0.488 e. The lowest BCUT2D eigenvalue weighted by Gasteiger charge is -2.25. The molecule has 0 spiro atoms. The van der Waals surface area contributed by atoms with Crippen molar-refractivity contribution >= 4 is 23.7 Å². The monoisotopic (exact) mass is 552 g/mol. The Morgan fingerprint density at radius 3 is 2.58 bits per heavy atom. The number of nitrogens with zero attached hydrogens (tertiary/aromatic N) is 3. The Balaban J connectivity index is 1.56. The van der Waals surface area contributed by atoms with E-state index in [9.17, 15) is 14.4 Å². The van der Waals surface area contributed by atoms with E-state index >= 15 is 0 Å². The van der Waals surface area contributed by atoms with Crippen molar-refractivity contribution in [3.63, 3.8) is 0 Å². The van der Waals surface area contributed by atoms with Gasteiger partial charge in [0, 0.05) is 44.1 Å². The number of hydrogen-bond acceptors (Lipinski definition) is 9. The molecule has 1 atom stereocenters. The molecule has 0 radical (unpaired) electrons. The molecule has 12 nitrogen and oxygen atoms in total. The molecule has 0 bridgehead atoms. The van der Waals surface area contributed by atoms with Crippen molar-refractivity contribution in [1.29, 1.82) is 0 Å². The summed E-state index contributed by atoms with van der Waals surface area (Å²) >= 11 is 0. The molecule has 0 fully saturated rings. The van der Waals surface area contributed by atoms with Gasteiger partial charge in [0.2, 0.25) is 0 Å². The fourth-order valence-electron chi connectivity index (χ4n) is 3.75. The van der Waals surface area contributed by atoms with Crippen LogP contribution in [0, 0.1) is 0 Å². The Kier molecular flexibility index (Phi) is 8.29. The topological polar surface area (TPSA) is 130 Å². The third-order valence-corrected chi connectivity index (χ3v) is 5.47. The number of hydrogen-bond donors (Lipinski definition) is 1. The summed E-state index contributed by atoms with van der Waals surface area (Å²) in [4.78, 5) is 39.3. The average Bonchev–Trinajstić information content (AvgIpc) is 3.34. The number of methoxy groups -OCH3 is 1. The van der Waals surface area contributed by atoms with Gasteiger partial charge in [0.25, 0.3) is 11.8 Å². The summed E-state index contributed by atoms with van der Waals surface area (Å²) in [5, 5.41) is 6.75. The standard InChI is InChI=1S/C28H32N4O8/c1-17(15-36-6)38-20-11-18(25(33)29-24-9-10-32(30-24)27(35)40-28(2,3)4)12-21(13-20)39-19-7-8-22-23(14-19)37-16-31(5)26(22)34/h7-14,17H,15-16H2,1-6H3,(H,29,30,33)/t17-/m0/s1. The fourth-order valence-corrected chi connectivity index (χ4v) is 3.75. The van der Waals surface area contributed by atoms with Crippen molar-refractivity contribution in [3.05, 3.63) is 59.8 Å². The quantitative estimate of drug-likeness (QED) is 0.428. The van der Waals surface area contributed by atoms with E-state index in [0.717, 1.165) is 4.68 Å². The van der Waals surface area contributed by atoms with Crippen LogP contribution >= 0.6 is 0 Å². The van der Waals surface area contributed by atoms with Gasteiger partial charge in [0.1, 0.15) is 34.7 Å². The molecule has 3 aromatic rings. The summed E-state index contributed by atoms with van der Waals surface area (Å²) in [6.07, 6.45) is 0.416. The van der Waals surface area contributed by atoms with Crippen LogP contribution in [0.25, 0.3) is 0 Å². The number of anilines is 1. The van der Waals surface area contributed by atoms with Gasteiger partial charge in [-0.1, -0.05) is 0 Å². The lowest BCUT2D eigenvalue weighted by molar-refractivity contribution is 0.0513. The second-order valence-electron chi connectivity index (χ2n) is 10.2. The van der Waals surface area contributed by atoms with Gasteiger partial charge in [-0.25, -0.2) is 4.79 Å². The van der Waals surface area contributed by atoms with E-state index in [4.69, 9.17) is 23.7 Å². The lowest BCUT2D eigenvalue weighted by Crippen LogP contribution is -2.35. The van der Waals surface area contributed by atoms with Crippen LogP contribution < -0.4 is 19.5 Å². The zero-order chi connectivity index (χ0) is 29.0. The maximum atomic E-state index is 13.2. The Bertz CT molecular complexity index is 1410. The normalized spacial score (nSPS) is 13.7. The molecule has 212 valence electrons. The molecule has 0 saturated carbocycles. The summed E-state index contributed by atoms with van der Waals surface area (Å²) in [5.74, 6) is 0.984. The molecule has 2 amide bonds. The van der Waals surface area contributed by atoms with Crippen molar-refractivity contribution in [1.82, 2.24) is 14.7 Å². The number of carbonyl (C=O) groups excluding carboxylic acids is 3. The highest BCUT2D eigenvalue weighted by atomic mass is 16.6. The number of benzene rings is 2. The molecule has 2 aromatic carbocycles. The third-order valence-electron chi connectivity index (χ3n) is 5.47. The van der Waals surface area contributed by atoms with Crippen molar-refractivity contribution in [2.24, 2.45) is 0 Å². The molecule has 12 heteroatoms. The highest BCUT2D eigenvalue weighted by Gasteiger charge is 2.24. The van der Waals surface area contributed by atoms with Crippen LogP contribution in [0.4, 0.5) is 10.6 Å². The molecule has 0 unspecified atom stereocenters. The molecule has 40 heavy (non-hydrogen) atoms. The SMILES string of the molecule is COC[C@H](C)Oc1cc(Oc2ccc3c(c2)OCN(C)C3=O)cc(C(=O)Nc2ccn(C(=O)OC(C)(C)C)n2)c1. The fraction of sp³-hybridized carbons (Fsp3) is 0.357. The number of carbonyl (C=O) groups is 3. The molecular formula is C28H32N4O8. The second-order valence-corrected chi connectivity index (χ2v) is 10.2. The maximum absolute atomic E-state index is 13.2. The number of ether oxygens (including phenoxy) is 5.